The first-order valence-corrected chi connectivity index (χ1v) is 7.28. The first-order chi connectivity index (χ1) is 7.97. The Kier molecular flexibility index (Phi) is 5.38. The van der Waals surface area contributed by atoms with Crippen molar-refractivity contribution in [3.8, 4) is 0 Å². The van der Waals surface area contributed by atoms with Gasteiger partial charge in [-0.3, -0.25) is 0 Å². The van der Waals surface area contributed by atoms with Gasteiger partial charge < -0.3 is 10.5 Å². The van der Waals surface area contributed by atoms with Crippen LogP contribution in [-0.4, -0.2) is 28.7 Å². The number of nitrogen functional groups attached to an aromatic ring is 1. The molecule has 0 unspecified atom stereocenters. The predicted molar refractivity (Wildman–Crippen MR) is 70.2 cm³/mol. The number of anilines is 1. The summed E-state index contributed by atoms with van der Waals surface area (Å²) in [6, 6.07) is 4.67. The molecule has 0 amide bonds. The topological polar surface area (TPSA) is 81.4 Å². The molecule has 0 saturated carbocycles. The highest BCUT2D eigenvalue weighted by atomic mass is 79.9. The molecule has 3 N–H and O–H groups in total. The third-order valence-electron chi connectivity index (χ3n) is 2.08. The minimum atomic E-state index is -3.54. The maximum Gasteiger partial charge on any atom is 0.242 e. The lowest BCUT2D eigenvalue weighted by atomic mass is 10.3. The quantitative estimate of drug-likeness (QED) is 0.611. The van der Waals surface area contributed by atoms with Crippen molar-refractivity contribution in [2.45, 2.75) is 11.3 Å². The highest BCUT2D eigenvalue weighted by Crippen LogP contribution is 2.22. The average Bonchev–Trinajstić information content (AvgIpc) is 2.24. The second kappa shape index (κ2) is 6.34. The van der Waals surface area contributed by atoms with Gasteiger partial charge in [0.05, 0.1) is 5.69 Å². The van der Waals surface area contributed by atoms with Crippen LogP contribution in [0.2, 0.25) is 0 Å². The average molecular weight is 323 g/mol. The Balaban J connectivity index is 2.76. The lowest BCUT2D eigenvalue weighted by Gasteiger charge is -2.09. The third-order valence-corrected chi connectivity index (χ3v) is 4.11. The van der Waals surface area contributed by atoms with Crippen molar-refractivity contribution in [3.63, 3.8) is 0 Å². The van der Waals surface area contributed by atoms with Crippen LogP contribution < -0.4 is 10.5 Å². The van der Waals surface area contributed by atoms with Gasteiger partial charge in [-0.2, -0.15) is 0 Å². The van der Waals surface area contributed by atoms with E-state index >= 15 is 0 Å². The maximum absolute atomic E-state index is 11.9. The first kappa shape index (κ1) is 14.4. The molecule has 1 aromatic rings. The van der Waals surface area contributed by atoms with Crippen LogP contribution in [0.1, 0.15) is 6.42 Å². The summed E-state index contributed by atoms with van der Waals surface area (Å²) in [5.41, 5.74) is 5.88. The number of hydrogen-bond acceptors (Lipinski definition) is 4. The Morgan fingerprint density at radius 3 is 2.76 bits per heavy atom. The first-order valence-electron chi connectivity index (χ1n) is 5.01. The monoisotopic (exact) mass is 322 g/mol. The van der Waals surface area contributed by atoms with Crippen molar-refractivity contribution in [1.82, 2.24) is 4.72 Å². The molecule has 0 aliphatic carbocycles. The molecule has 1 rings (SSSR count). The zero-order chi connectivity index (χ0) is 12.9. The van der Waals surface area contributed by atoms with Gasteiger partial charge in [0.15, 0.2) is 0 Å². The maximum atomic E-state index is 11.9. The van der Waals surface area contributed by atoms with Crippen molar-refractivity contribution in [2.75, 3.05) is 26.0 Å². The molecule has 0 bridgehead atoms. The number of sulfonamides is 1. The van der Waals surface area contributed by atoms with E-state index in [0.717, 1.165) is 4.47 Å². The van der Waals surface area contributed by atoms with Gasteiger partial charge in [-0.05, 0) is 24.6 Å². The molecule has 0 spiro atoms. The van der Waals surface area contributed by atoms with E-state index < -0.39 is 10.0 Å². The highest BCUT2D eigenvalue weighted by Gasteiger charge is 2.16. The Bertz CT molecular complexity index is 476. The lowest BCUT2D eigenvalue weighted by Crippen LogP contribution is -2.26. The minimum absolute atomic E-state index is 0.0955. The number of hydrogen-bond donors (Lipinski definition) is 2. The molecule has 96 valence electrons. The summed E-state index contributed by atoms with van der Waals surface area (Å²) in [6.07, 6.45) is 0.617. The fourth-order valence-electron chi connectivity index (χ4n) is 1.26. The van der Waals surface area contributed by atoms with Gasteiger partial charge in [-0.1, -0.05) is 15.9 Å². The van der Waals surface area contributed by atoms with Crippen LogP contribution >= 0.6 is 15.9 Å². The summed E-state index contributed by atoms with van der Waals surface area (Å²) in [5, 5.41) is 0. The summed E-state index contributed by atoms with van der Waals surface area (Å²) < 4.78 is 31.8. The Hall–Kier alpha value is -0.630. The fraction of sp³-hybridized carbons (Fsp3) is 0.400. The second-order valence-electron chi connectivity index (χ2n) is 3.43. The minimum Gasteiger partial charge on any atom is -0.398 e. The molecule has 0 atom stereocenters. The number of nitrogens with two attached hydrogens (primary N) is 1. The smallest absolute Gasteiger partial charge is 0.242 e. The standard InChI is InChI=1S/C10H15BrN2O3S/c1-16-6-2-5-13-17(14,15)10-4-3-8(11)7-9(10)12/h3-4,7,13H,2,5-6,12H2,1H3. The molecule has 0 aromatic heterocycles. The van der Waals surface area contributed by atoms with Crippen molar-refractivity contribution in [2.24, 2.45) is 0 Å². The van der Waals surface area contributed by atoms with E-state index in [9.17, 15) is 8.42 Å². The number of ether oxygens (including phenoxy) is 1. The van der Waals surface area contributed by atoms with Gasteiger partial charge in [0.25, 0.3) is 0 Å². The van der Waals surface area contributed by atoms with Crippen LogP contribution in [0, 0.1) is 0 Å². The van der Waals surface area contributed by atoms with Crippen LogP contribution in [0.3, 0.4) is 0 Å². The van der Waals surface area contributed by atoms with Gasteiger partial charge in [0.1, 0.15) is 4.90 Å². The molecule has 0 aliphatic rings. The number of halogens is 1. The van der Waals surface area contributed by atoms with Gasteiger partial charge in [-0.25, -0.2) is 13.1 Å². The zero-order valence-corrected chi connectivity index (χ0v) is 11.8. The molecular weight excluding hydrogens is 308 g/mol. The van der Waals surface area contributed by atoms with Crippen LogP contribution in [0.4, 0.5) is 5.69 Å². The number of rotatable bonds is 6. The highest BCUT2D eigenvalue weighted by molar-refractivity contribution is 9.10. The molecule has 0 heterocycles. The molecule has 5 nitrogen and oxygen atoms in total. The molecule has 7 heteroatoms. The lowest BCUT2D eigenvalue weighted by molar-refractivity contribution is 0.196. The van der Waals surface area contributed by atoms with Crippen molar-refractivity contribution in [3.05, 3.63) is 22.7 Å². The molecule has 0 fully saturated rings. The summed E-state index contributed by atoms with van der Waals surface area (Å²) in [6.45, 7) is 0.837. The van der Waals surface area contributed by atoms with Crippen molar-refractivity contribution >= 4 is 31.6 Å². The van der Waals surface area contributed by atoms with Gasteiger partial charge >= 0.3 is 0 Å². The summed E-state index contributed by atoms with van der Waals surface area (Å²) >= 11 is 3.22. The van der Waals surface area contributed by atoms with Crippen LogP contribution in [0.25, 0.3) is 0 Å². The van der Waals surface area contributed by atoms with Gasteiger partial charge in [0, 0.05) is 24.7 Å². The van der Waals surface area contributed by atoms with Crippen molar-refractivity contribution in [1.29, 1.82) is 0 Å². The molecule has 0 aliphatic heterocycles. The summed E-state index contributed by atoms with van der Waals surface area (Å²) in [4.78, 5) is 0.0955. The van der Waals surface area contributed by atoms with Gasteiger partial charge in [0.2, 0.25) is 10.0 Å². The molecule has 0 saturated heterocycles. The fourth-order valence-corrected chi connectivity index (χ4v) is 2.83. The Labute approximate surface area is 110 Å². The molecule has 17 heavy (non-hydrogen) atoms. The summed E-state index contributed by atoms with van der Waals surface area (Å²) in [5.74, 6) is 0. The van der Waals surface area contributed by atoms with Crippen LogP contribution in [0.5, 0.6) is 0 Å². The predicted octanol–water partition coefficient (Wildman–Crippen LogP) is 1.35. The summed E-state index contributed by atoms with van der Waals surface area (Å²) in [7, 11) is -1.97. The molecule has 1 aromatic carbocycles. The van der Waals surface area contributed by atoms with E-state index in [1.165, 1.54) is 6.07 Å². The largest absolute Gasteiger partial charge is 0.398 e. The second-order valence-corrected chi connectivity index (χ2v) is 6.08. The SMILES string of the molecule is COCCCNS(=O)(=O)c1ccc(Br)cc1N. The van der Waals surface area contributed by atoms with Crippen molar-refractivity contribution < 1.29 is 13.2 Å². The Morgan fingerprint density at radius 1 is 1.47 bits per heavy atom. The van der Waals surface area contributed by atoms with Crippen LogP contribution in [0.15, 0.2) is 27.6 Å². The number of benzene rings is 1. The van der Waals surface area contributed by atoms with E-state index in [4.69, 9.17) is 10.5 Å². The van der Waals surface area contributed by atoms with E-state index in [2.05, 4.69) is 20.7 Å². The third kappa shape index (κ3) is 4.27. The van der Waals surface area contributed by atoms with E-state index in [1.807, 2.05) is 0 Å². The van der Waals surface area contributed by atoms with Crippen LogP contribution in [-0.2, 0) is 14.8 Å². The van der Waals surface area contributed by atoms with Gasteiger partial charge in [-0.15, -0.1) is 0 Å². The molecular formula is C10H15BrN2O3S. The Morgan fingerprint density at radius 2 is 2.18 bits per heavy atom. The van der Waals surface area contributed by atoms with E-state index in [1.54, 1.807) is 19.2 Å². The van der Waals surface area contributed by atoms with E-state index in [-0.39, 0.29) is 10.6 Å². The number of methoxy groups -OCH3 is 1. The number of nitrogens with one attached hydrogen (secondary N) is 1. The molecule has 0 radical (unpaired) electrons. The normalized spacial score (nSPS) is 11.6. The zero-order valence-electron chi connectivity index (χ0n) is 9.44. The van der Waals surface area contributed by atoms with E-state index in [0.29, 0.717) is 19.6 Å².